The minimum atomic E-state index is -3.25. The molecule has 0 saturated heterocycles. The van der Waals surface area contributed by atoms with Gasteiger partial charge in [0, 0.05) is 27.2 Å². The van der Waals surface area contributed by atoms with Crippen LogP contribution in [-0.2, 0) is 16.4 Å². The van der Waals surface area contributed by atoms with Crippen LogP contribution in [0.1, 0.15) is 12.0 Å². The van der Waals surface area contributed by atoms with Crippen molar-refractivity contribution in [1.29, 1.82) is 0 Å². The van der Waals surface area contributed by atoms with Crippen molar-refractivity contribution in [2.45, 2.75) is 17.9 Å². The molecule has 0 atom stereocenters. The quantitative estimate of drug-likeness (QED) is 0.252. The number of aliphatic imine (C=N–C) groups is 1. The Hall–Kier alpha value is -1.81. The van der Waals surface area contributed by atoms with E-state index < -0.39 is 9.84 Å². The van der Waals surface area contributed by atoms with Gasteiger partial charge in [0.15, 0.2) is 15.8 Å². The zero-order valence-electron chi connectivity index (χ0n) is 16.5. The summed E-state index contributed by atoms with van der Waals surface area (Å²) < 4.78 is 29.8. The van der Waals surface area contributed by atoms with Crippen LogP contribution in [0, 0.1) is 0 Å². The Labute approximate surface area is 184 Å². The van der Waals surface area contributed by atoms with E-state index in [1.54, 1.807) is 38.4 Å². The molecule has 0 unspecified atom stereocenters. The molecule has 6 nitrogen and oxygen atoms in total. The monoisotopic (exact) mass is 517 g/mol. The summed E-state index contributed by atoms with van der Waals surface area (Å²) in [5.41, 5.74) is 1.13. The third kappa shape index (κ3) is 7.31. The predicted molar refractivity (Wildman–Crippen MR) is 124 cm³/mol. The fraction of sp³-hybridized carbons (Fsp3) is 0.350. The van der Waals surface area contributed by atoms with Gasteiger partial charge in [-0.25, -0.2) is 8.42 Å². The van der Waals surface area contributed by atoms with Crippen LogP contribution in [-0.4, -0.2) is 52.8 Å². The van der Waals surface area contributed by atoms with Crippen LogP contribution < -0.4 is 10.1 Å². The molecule has 0 fully saturated rings. The second kappa shape index (κ2) is 11.9. The number of rotatable bonds is 8. The van der Waals surface area contributed by atoms with Crippen LogP contribution in [0.3, 0.4) is 0 Å². The largest absolute Gasteiger partial charge is 0.497 e. The summed E-state index contributed by atoms with van der Waals surface area (Å²) in [5, 5.41) is 3.22. The van der Waals surface area contributed by atoms with E-state index in [-0.39, 0.29) is 29.7 Å². The van der Waals surface area contributed by atoms with Crippen molar-refractivity contribution in [3.8, 4) is 5.75 Å². The highest BCUT2D eigenvalue weighted by Crippen LogP contribution is 2.13. The van der Waals surface area contributed by atoms with Gasteiger partial charge in [-0.15, -0.1) is 24.0 Å². The van der Waals surface area contributed by atoms with Crippen LogP contribution in [0.5, 0.6) is 5.75 Å². The molecule has 0 aliphatic carbocycles. The number of nitrogens with one attached hydrogen (secondary N) is 1. The Morgan fingerprint density at radius 1 is 1.11 bits per heavy atom. The molecular formula is C20H28IN3O3S. The average molecular weight is 517 g/mol. The number of benzene rings is 2. The third-order valence-corrected chi connectivity index (χ3v) is 5.94. The molecule has 28 heavy (non-hydrogen) atoms. The SMILES string of the molecule is CN=C(NCCCS(=O)(=O)c1ccccc1)N(C)Cc1ccc(OC)cc1.I. The van der Waals surface area contributed by atoms with Crippen molar-refractivity contribution in [2.24, 2.45) is 4.99 Å². The summed E-state index contributed by atoms with van der Waals surface area (Å²) in [6.07, 6.45) is 0.507. The summed E-state index contributed by atoms with van der Waals surface area (Å²) in [6, 6.07) is 16.4. The number of hydrogen-bond donors (Lipinski definition) is 1. The van der Waals surface area contributed by atoms with Crippen molar-refractivity contribution < 1.29 is 13.2 Å². The lowest BCUT2D eigenvalue weighted by atomic mass is 10.2. The molecular weight excluding hydrogens is 489 g/mol. The van der Waals surface area contributed by atoms with Gasteiger partial charge in [0.1, 0.15) is 5.75 Å². The number of halogens is 1. The van der Waals surface area contributed by atoms with Crippen LogP contribution in [0.4, 0.5) is 0 Å². The minimum Gasteiger partial charge on any atom is -0.497 e. The van der Waals surface area contributed by atoms with E-state index in [4.69, 9.17) is 4.74 Å². The van der Waals surface area contributed by atoms with Gasteiger partial charge in [0.2, 0.25) is 0 Å². The minimum absolute atomic E-state index is 0. The normalized spacial score (nSPS) is 11.5. The third-order valence-electron chi connectivity index (χ3n) is 4.13. The van der Waals surface area contributed by atoms with E-state index in [9.17, 15) is 8.42 Å². The van der Waals surface area contributed by atoms with Gasteiger partial charge < -0.3 is 15.0 Å². The Balaban J connectivity index is 0.00000392. The zero-order chi connectivity index (χ0) is 19.7. The molecule has 2 aromatic carbocycles. The molecule has 1 N–H and O–H groups in total. The molecule has 0 aliphatic heterocycles. The fourth-order valence-corrected chi connectivity index (χ4v) is 4.00. The standard InChI is InChI=1S/C20H27N3O3S.HI/c1-21-20(23(2)16-17-10-12-18(26-3)13-11-17)22-14-7-15-27(24,25)19-8-5-4-6-9-19;/h4-6,8-13H,7,14-16H2,1-3H3,(H,21,22);1H. The molecule has 0 aliphatic rings. The Kier molecular flexibility index (Phi) is 10.3. The topological polar surface area (TPSA) is 71.0 Å². The van der Waals surface area contributed by atoms with Gasteiger partial charge in [-0.1, -0.05) is 30.3 Å². The number of ether oxygens (including phenoxy) is 1. The Morgan fingerprint density at radius 2 is 1.75 bits per heavy atom. The summed E-state index contributed by atoms with van der Waals surface area (Å²) in [4.78, 5) is 6.63. The molecule has 0 amide bonds. The summed E-state index contributed by atoms with van der Waals surface area (Å²) >= 11 is 0. The lowest BCUT2D eigenvalue weighted by Gasteiger charge is -2.22. The molecule has 0 aromatic heterocycles. The molecule has 0 radical (unpaired) electrons. The first-order chi connectivity index (χ1) is 13.0. The van der Waals surface area contributed by atoms with Crippen LogP contribution in [0.2, 0.25) is 0 Å². The zero-order valence-corrected chi connectivity index (χ0v) is 19.6. The Bertz CT molecular complexity index is 841. The molecule has 154 valence electrons. The van der Waals surface area contributed by atoms with E-state index in [1.165, 1.54) is 0 Å². The van der Waals surface area contributed by atoms with Gasteiger partial charge in [-0.3, -0.25) is 4.99 Å². The molecule has 2 rings (SSSR count). The average Bonchev–Trinajstić information content (AvgIpc) is 2.69. The smallest absolute Gasteiger partial charge is 0.193 e. The van der Waals surface area contributed by atoms with Crippen LogP contribution in [0.15, 0.2) is 64.5 Å². The first kappa shape index (κ1) is 24.2. The highest BCUT2D eigenvalue weighted by atomic mass is 127. The number of guanidine groups is 1. The Morgan fingerprint density at radius 3 is 2.32 bits per heavy atom. The van der Waals surface area contributed by atoms with Crippen LogP contribution in [0.25, 0.3) is 0 Å². The maximum absolute atomic E-state index is 12.3. The van der Waals surface area contributed by atoms with E-state index in [2.05, 4.69) is 10.3 Å². The van der Waals surface area contributed by atoms with Crippen molar-refractivity contribution in [3.63, 3.8) is 0 Å². The number of methoxy groups -OCH3 is 1. The number of nitrogens with zero attached hydrogens (tertiary/aromatic N) is 2. The first-order valence-corrected chi connectivity index (χ1v) is 10.4. The van der Waals surface area contributed by atoms with E-state index >= 15 is 0 Å². The van der Waals surface area contributed by atoms with E-state index in [0.717, 1.165) is 17.3 Å². The van der Waals surface area contributed by atoms with Crippen molar-refractivity contribution >= 4 is 39.8 Å². The first-order valence-electron chi connectivity index (χ1n) is 8.79. The second-order valence-corrected chi connectivity index (χ2v) is 8.27. The van der Waals surface area contributed by atoms with Crippen LogP contribution >= 0.6 is 24.0 Å². The van der Waals surface area contributed by atoms with E-state index in [0.29, 0.717) is 24.4 Å². The lowest BCUT2D eigenvalue weighted by molar-refractivity contribution is 0.414. The number of sulfone groups is 1. The molecule has 0 heterocycles. The van der Waals surface area contributed by atoms with Gasteiger partial charge in [-0.2, -0.15) is 0 Å². The molecule has 8 heteroatoms. The molecule has 2 aromatic rings. The molecule has 0 saturated carbocycles. The second-order valence-electron chi connectivity index (χ2n) is 6.16. The molecule has 0 spiro atoms. The predicted octanol–water partition coefficient (Wildman–Crippen LogP) is 3.18. The van der Waals surface area contributed by atoms with Crippen molar-refractivity contribution in [2.75, 3.05) is 33.5 Å². The summed E-state index contributed by atoms with van der Waals surface area (Å²) in [7, 11) is 2.06. The van der Waals surface area contributed by atoms with Gasteiger partial charge >= 0.3 is 0 Å². The van der Waals surface area contributed by atoms with Gasteiger partial charge in [-0.05, 0) is 36.2 Å². The van der Waals surface area contributed by atoms with Crippen molar-refractivity contribution in [1.82, 2.24) is 10.2 Å². The number of hydrogen-bond acceptors (Lipinski definition) is 4. The van der Waals surface area contributed by atoms with Crippen molar-refractivity contribution in [3.05, 3.63) is 60.2 Å². The lowest BCUT2D eigenvalue weighted by Crippen LogP contribution is -2.39. The highest BCUT2D eigenvalue weighted by Gasteiger charge is 2.13. The summed E-state index contributed by atoms with van der Waals surface area (Å²) in [5.74, 6) is 1.65. The van der Waals surface area contributed by atoms with Gasteiger partial charge in [0.25, 0.3) is 0 Å². The highest BCUT2D eigenvalue weighted by molar-refractivity contribution is 14.0. The summed E-state index contributed by atoms with van der Waals surface area (Å²) in [6.45, 7) is 1.22. The molecule has 0 bridgehead atoms. The van der Waals surface area contributed by atoms with Gasteiger partial charge in [0.05, 0.1) is 17.8 Å². The fourth-order valence-electron chi connectivity index (χ4n) is 2.67. The maximum Gasteiger partial charge on any atom is 0.193 e. The van der Waals surface area contributed by atoms with E-state index in [1.807, 2.05) is 42.3 Å². The maximum atomic E-state index is 12.3.